The molecule has 0 unspecified atom stereocenters. The minimum Gasteiger partial charge on any atom is -0.349 e. The first-order valence-electron chi connectivity index (χ1n) is 6.99. The molecule has 9 heteroatoms. The molecule has 1 aliphatic rings. The normalized spacial score (nSPS) is 16.0. The highest BCUT2D eigenvalue weighted by Crippen LogP contribution is 2.37. The number of nitrogens with one attached hydrogen (secondary N) is 1. The fourth-order valence-corrected chi connectivity index (χ4v) is 2.71. The van der Waals surface area contributed by atoms with E-state index in [0.29, 0.717) is 18.5 Å². The maximum Gasteiger partial charge on any atom is 0.435 e. The number of hydrogen-bond acceptors (Lipinski definition) is 2. The summed E-state index contributed by atoms with van der Waals surface area (Å²) in [5, 5.41) is 5.61. The highest BCUT2D eigenvalue weighted by Gasteiger charge is 2.41. The van der Waals surface area contributed by atoms with E-state index in [-0.39, 0.29) is 18.4 Å². The topological polar surface area (TPSA) is 46.9 Å². The van der Waals surface area contributed by atoms with E-state index in [4.69, 9.17) is 0 Å². The summed E-state index contributed by atoms with van der Waals surface area (Å²) in [5.41, 5.74) is -0.473. The molecule has 0 aliphatic heterocycles. The second kappa shape index (κ2) is 6.21. The Hall–Kier alpha value is -1.67. The van der Waals surface area contributed by atoms with Crippen LogP contribution in [0.2, 0.25) is 0 Å². The summed E-state index contributed by atoms with van der Waals surface area (Å²) in [5.74, 6) is -0.742. The molecule has 0 bridgehead atoms. The number of fused-ring (bicyclic) bond motifs is 1. The van der Waals surface area contributed by atoms with Crippen molar-refractivity contribution < 1.29 is 26.7 Å². The smallest absolute Gasteiger partial charge is 0.349 e. The third-order valence-electron chi connectivity index (χ3n) is 3.64. The average Bonchev–Trinajstić information content (AvgIpc) is 2.99. The van der Waals surface area contributed by atoms with Crippen LogP contribution < -0.4 is 5.32 Å². The quantitative estimate of drug-likeness (QED) is 0.846. The predicted octanol–water partition coefficient (Wildman–Crippen LogP) is 2.72. The molecule has 1 aliphatic carbocycles. The molecule has 0 saturated heterocycles. The third kappa shape index (κ3) is 3.22. The van der Waals surface area contributed by atoms with E-state index >= 15 is 0 Å². The molecule has 0 fully saturated rings. The highest BCUT2D eigenvalue weighted by molar-refractivity contribution is 5.80. The molecule has 2 rings (SSSR count). The van der Waals surface area contributed by atoms with Crippen molar-refractivity contribution in [3.8, 4) is 0 Å². The molecule has 1 N–H and O–H groups in total. The van der Waals surface area contributed by atoms with Gasteiger partial charge in [-0.2, -0.15) is 18.3 Å². The molecular formula is C13H16F5N3O. The molecular weight excluding hydrogens is 309 g/mol. The van der Waals surface area contributed by atoms with Gasteiger partial charge in [0.1, 0.15) is 6.04 Å². The van der Waals surface area contributed by atoms with Gasteiger partial charge in [0.2, 0.25) is 5.91 Å². The van der Waals surface area contributed by atoms with E-state index in [0.717, 1.165) is 4.68 Å². The Balaban J connectivity index is 2.32. The van der Waals surface area contributed by atoms with Crippen molar-refractivity contribution in [2.24, 2.45) is 0 Å². The average molecular weight is 325 g/mol. The van der Waals surface area contributed by atoms with E-state index in [2.05, 4.69) is 5.10 Å². The first kappa shape index (κ1) is 16.7. The third-order valence-corrected chi connectivity index (χ3v) is 3.64. The van der Waals surface area contributed by atoms with Crippen LogP contribution in [0.3, 0.4) is 0 Å². The van der Waals surface area contributed by atoms with Crippen LogP contribution in [-0.2, 0) is 23.8 Å². The van der Waals surface area contributed by atoms with Gasteiger partial charge in [0.15, 0.2) is 5.69 Å². The number of alkyl halides is 5. The van der Waals surface area contributed by atoms with Crippen molar-refractivity contribution in [1.29, 1.82) is 0 Å². The fourth-order valence-electron chi connectivity index (χ4n) is 2.71. The summed E-state index contributed by atoms with van der Waals surface area (Å²) in [6.45, 7) is 0.772. The van der Waals surface area contributed by atoms with Gasteiger partial charge in [-0.05, 0) is 25.7 Å². The number of nitrogens with zero attached hydrogens (tertiary/aromatic N) is 2. The lowest BCUT2D eigenvalue weighted by molar-refractivity contribution is -0.142. The van der Waals surface area contributed by atoms with Gasteiger partial charge in [-0.15, -0.1) is 0 Å². The van der Waals surface area contributed by atoms with Crippen LogP contribution in [0.4, 0.5) is 22.0 Å². The van der Waals surface area contributed by atoms with Crippen molar-refractivity contribution >= 4 is 5.91 Å². The van der Waals surface area contributed by atoms with E-state index in [9.17, 15) is 26.7 Å². The molecule has 1 amide bonds. The van der Waals surface area contributed by atoms with Crippen molar-refractivity contribution in [1.82, 2.24) is 15.1 Å². The van der Waals surface area contributed by atoms with Gasteiger partial charge in [-0.1, -0.05) is 6.92 Å². The van der Waals surface area contributed by atoms with Gasteiger partial charge in [0.05, 0.1) is 6.54 Å². The van der Waals surface area contributed by atoms with Crippen LogP contribution in [0.5, 0.6) is 0 Å². The maximum atomic E-state index is 13.0. The summed E-state index contributed by atoms with van der Waals surface area (Å²) in [4.78, 5) is 12.0. The summed E-state index contributed by atoms with van der Waals surface area (Å²) < 4.78 is 64.4. The maximum absolute atomic E-state index is 13.0. The molecule has 1 aromatic rings. The zero-order valence-electron chi connectivity index (χ0n) is 11.9. The van der Waals surface area contributed by atoms with Crippen molar-refractivity contribution in [3.63, 3.8) is 0 Å². The van der Waals surface area contributed by atoms with Crippen molar-refractivity contribution in [2.45, 2.75) is 51.3 Å². The van der Waals surface area contributed by atoms with E-state index in [1.54, 1.807) is 6.92 Å². The van der Waals surface area contributed by atoms with Crippen LogP contribution in [0.25, 0.3) is 0 Å². The first-order chi connectivity index (χ1) is 10.3. The molecule has 0 spiro atoms. The van der Waals surface area contributed by atoms with Crippen LogP contribution in [-0.4, -0.2) is 28.7 Å². The molecule has 124 valence electrons. The van der Waals surface area contributed by atoms with Crippen LogP contribution in [0.15, 0.2) is 0 Å². The Morgan fingerprint density at radius 1 is 1.36 bits per heavy atom. The largest absolute Gasteiger partial charge is 0.435 e. The van der Waals surface area contributed by atoms with E-state index in [1.165, 1.54) is 0 Å². The van der Waals surface area contributed by atoms with Gasteiger partial charge >= 0.3 is 6.18 Å². The van der Waals surface area contributed by atoms with E-state index in [1.807, 2.05) is 5.32 Å². The lowest BCUT2D eigenvalue weighted by Crippen LogP contribution is -2.36. The van der Waals surface area contributed by atoms with Crippen molar-refractivity contribution in [2.75, 3.05) is 6.54 Å². The highest BCUT2D eigenvalue weighted by atomic mass is 19.4. The summed E-state index contributed by atoms with van der Waals surface area (Å²) in [7, 11) is 0. The minimum absolute atomic E-state index is 0.118. The molecule has 1 atom stereocenters. The first-order valence-corrected chi connectivity index (χ1v) is 6.99. The SMILES string of the molecule is CC[C@@H](C(=O)NCC(F)F)n1nc(C(F)(F)F)c2c1CCC2. The minimum atomic E-state index is -4.59. The van der Waals surface area contributed by atoms with Gasteiger partial charge in [0, 0.05) is 11.3 Å². The Labute approximate surface area is 123 Å². The number of halogens is 5. The van der Waals surface area contributed by atoms with Gasteiger partial charge in [0.25, 0.3) is 6.43 Å². The zero-order chi connectivity index (χ0) is 16.5. The molecule has 0 aromatic carbocycles. The Bertz CT molecular complexity index is 553. The standard InChI is InChI=1S/C13H16F5N3O/c1-2-8(12(22)19-6-10(14)15)21-9-5-3-4-7(9)11(20-21)13(16,17)18/h8,10H,2-6H2,1H3,(H,19,22)/t8-/m0/s1. The second-order valence-corrected chi connectivity index (χ2v) is 5.13. The molecule has 1 heterocycles. The zero-order valence-corrected chi connectivity index (χ0v) is 11.9. The second-order valence-electron chi connectivity index (χ2n) is 5.13. The number of amides is 1. The van der Waals surface area contributed by atoms with E-state index < -0.39 is 36.8 Å². The fraction of sp³-hybridized carbons (Fsp3) is 0.692. The molecule has 4 nitrogen and oxygen atoms in total. The molecule has 0 saturated carbocycles. The van der Waals surface area contributed by atoms with Crippen LogP contribution in [0, 0.1) is 0 Å². The number of hydrogen-bond donors (Lipinski definition) is 1. The predicted molar refractivity (Wildman–Crippen MR) is 67.6 cm³/mol. The number of carbonyl (C=O) groups is 1. The number of aromatic nitrogens is 2. The monoisotopic (exact) mass is 325 g/mol. The van der Waals surface area contributed by atoms with Crippen LogP contribution >= 0.6 is 0 Å². The van der Waals surface area contributed by atoms with Crippen molar-refractivity contribution in [3.05, 3.63) is 17.0 Å². The Kier molecular flexibility index (Phi) is 4.72. The van der Waals surface area contributed by atoms with Crippen LogP contribution in [0.1, 0.15) is 42.8 Å². The number of carbonyl (C=O) groups excluding carboxylic acids is 1. The molecule has 1 aromatic heterocycles. The van der Waals surface area contributed by atoms with Gasteiger partial charge < -0.3 is 5.32 Å². The lowest BCUT2D eigenvalue weighted by atomic mass is 10.1. The Morgan fingerprint density at radius 3 is 2.59 bits per heavy atom. The lowest BCUT2D eigenvalue weighted by Gasteiger charge is -2.17. The van der Waals surface area contributed by atoms with Gasteiger partial charge in [-0.3, -0.25) is 9.48 Å². The Morgan fingerprint density at radius 2 is 2.05 bits per heavy atom. The van der Waals surface area contributed by atoms with Gasteiger partial charge in [-0.25, -0.2) is 8.78 Å². The molecule has 0 radical (unpaired) electrons. The molecule has 22 heavy (non-hydrogen) atoms. The summed E-state index contributed by atoms with van der Waals surface area (Å²) in [6.07, 6.45) is -5.91. The summed E-state index contributed by atoms with van der Waals surface area (Å²) in [6, 6.07) is -1.01. The number of rotatable bonds is 5. The summed E-state index contributed by atoms with van der Waals surface area (Å²) >= 11 is 0.